The third-order valence-corrected chi connectivity index (χ3v) is 5.18. The normalized spacial score (nSPS) is 12.0. The molecule has 0 fully saturated rings. The van der Waals surface area contributed by atoms with Crippen LogP contribution < -0.4 is 24.8 Å². The second kappa shape index (κ2) is 12.0. The van der Waals surface area contributed by atoms with Gasteiger partial charge in [0.2, 0.25) is 0 Å². The van der Waals surface area contributed by atoms with Gasteiger partial charge in [-0.3, -0.25) is 4.99 Å². The third kappa shape index (κ3) is 6.73. The maximum absolute atomic E-state index is 5.50. The highest BCUT2D eigenvalue weighted by Gasteiger charge is 2.14. The van der Waals surface area contributed by atoms with Gasteiger partial charge in [0.1, 0.15) is 17.2 Å². The lowest BCUT2D eigenvalue weighted by Gasteiger charge is -2.19. The van der Waals surface area contributed by atoms with Crippen molar-refractivity contribution in [3.05, 3.63) is 39.6 Å². The molecule has 1 atom stereocenters. The van der Waals surface area contributed by atoms with Gasteiger partial charge in [0.25, 0.3) is 0 Å². The van der Waals surface area contributed by atoms with Crippen molar-refractivity contribution in [2.45, 2.75) is 32.9 Å². The number of nitrogens with zero attached hydrogens (tertiary/aromatic N) is 1. The second-order valence-electron chi connectivity index (χ2n) is 6.20. The maximum Gasteiger partial charge on any atom is 0.191 e. The molecule has 2 rings (SSSR count). The number of aliphatic imine (C=N–C) groups is 1. The topological polar surface area (TPSA) is 64.1 Å². The number of nitrogens with one attached hydrogen (secondary N) is 2. The van der Waals surface area contributed by atoms with E-state index in [1.807, 2.05) is 23.5 Å². The lowest BCUT2D eigenvalue weighted by molar-refractivity contribution is 0.368. The summed E-state index contributed by atoms with van der Waals surface area (Å²) in [4.78, 5) is 7.02. The molecule has 0 saturated heterocycles. The van der Waals surface area contributed by atoms with Crippen LogP contribution in [-0.4, -0.2) is 40.4 Å². The van der Waals surface area contributed by atoms with Crippen molar-refractivity contribution in [2.24, 2.45) is 4.99 Å². The van der Waals surface area contributed by atoms with E-state index in [0.29, 0.717) is 23.8 Å². The molecule has 0 saturated carbocycles. The van der Waals surface area contributed by atoms with Gasteiger partial charge in [-0.25, -0.2) is 0 Å². The zero-order valence-corrected chi connectivity index (χ0v) is 20.4. The van der Waals surface area contributed by atoms with Crippen LogP contribution in [0.4, 0.5) is 0 Å². The number of hydrogen-bond donors (Lipinski definition) is 2. The molecule has 0 aliphatic carbocycles. The minimum Gasteiger partial charge on any atom is -0.496 e. The predicted molar refractivity (Wildman–Crippen MR) is 127 cm³/mol. The van der Waals surface area contributed by atoms with Gasteiger partial charge >= 0.3 is 0 Å². The molecule has 2 N–H and O–H groups in total. The van der Waals surface area contributed by atoms with Crippen LogP contribution in [0.15, 0.2) is 29.3 Å². The molecular formula is C20H30IN3O3S. The summed E-state index contributed by atoms with van der Waals surface area (Å²) in [5.41, 5.74) is 0.908. The summed E-state index contributed by atoms with van der Waals surface area (Å²) >= 11 is 1.83. The molecule has 28 heavy (non-hydrogen) atoms. The SMILES string of the molecule is CN=C(NCc1c(OC)cc(OC)cc1OC)NC(C)Cc1ccc(C)s1.I. The standard InChI is InChI=1S/C20H29N3O3S.HI/c1-13(9-16-8-7-14(2)27-16)23-20(21-3)22-12-17-18(25-5)10-15(24-4)11-19(17)26-6;/h7-8,10-11,13H,9,12H2,1-6H3,(H2,21,22,23);1H. The molecule has 1 aromatic heterocycles. The lowest BCUT2D eigenvalue weighted by atomic mass is 10.1. The zero-order chi connectivity index (χ0) is 19.8. The van der Waals surface area contributed by atoms with E-state index in [9.17, 15) is 0 Å². The van der Waals surface area contributed by atoms with Gasteiger partial charge < -0.3 is 24.8 Å². The molecule has 8 heteroatoms. The Morgan fingerprint density at radius 3 is 2.21 bits per heavy atom. The molecule has 156 valence electrons. The number of hydrogen-bond acceptors (Lipinski definition) is 5. The fourth-order valence-electron chi connectivity index (χ4n) is 2.80. The Balaban J connectivity index is 0.00000392. The van der Waals surface area contributed by atoms with E-state index in [0.717, 1.165) is 17.9 Å². The van der Waals surface area contributed by atoms with Gasteiger partial charge in [0.15, 0.2) is 5.96 Å². The Labute approximate surface area is 188 Å². The number of halogens is 1. The first-order valence-corrected chi connectivity index (χ1v) is 9.63. The Kier molecular flexibility index (Phi) is 10.4. The van der Waals surface area contributed by atoms with E-state index in [2.05, 4.69) is 41.6 Å². The molecule has 0 bridgehead atoms. The number of methoxy groups -OCH3 is 3. The molecule has 1 unspecified atom stereocenters. The molecule has 1 heterocycles. The van der Waals surface area contributed by atoms with Crippen molar-refractivity contribution in [2.75, 3.05) is 28.4 Å². The fraction of sp³-hybridized carbons (Fsp3) is 0.450. The highest BCUT2D eigenvalue weighted by Crippen LogP contribution is 2.33. The number of guanidine groups is 1. The Hall–Kier alpha value is -1.68. The number of aryl methyl sites for hydroxylation is 1. The largest absolute Gasteiger partial charge is 0.496 e. The monoisotopic (exact) mass is 519 g/mol. The highest BCUT2D eigenvalue weighted by molar-refractivity contribution is 14.0. The molecule has 0 aliphatic rings. The molecule has 0 spiro atoms. The van der Waals surface area contributed by atoms with Crippen LogP contribution in [0.5, 0.6) is 17.2 Å². The summed E-state index contributed by atoms with van der Waals surface area (Å²) in [6.07, 6.45) is 0.953. The summed E-state index contributed by atoms with van der Waals surface area (Å²) in [6, 6.07) is 8.28. The first kappa shape index (κ1) is 24.4. The van der Waals surface area contributed by atoms with Crippen LogP contribution in [0.2, 0.25) is 0 Å². The summed E-state index contributed by atoms with van der Waals surface area (Å²) in [7, 11) is 6.65. The summed E-state index contributed by atoms with van der Waals surface area (Å²) in [6.45, 7) is 4.79. The fourth-order valence-corrected chi connectivity index (χ4v) is 3.82. The molecule has 0 aliphatic heterocycles. The van der Waals surface area contributed by atoms with Crippen molar-refractivity contribution in [3.63, 3.8) is 0 Å². The van der Waals surface area contributed by atoms with Crippen LogP contribution in [0.3, 0.4) is 0 Å². The van der Waals surface area contributed by atoms with Crippen LogP contribution in [0.25, 0.3) is 0 Å². The Morgan fingerprint density at radius 1 is 1.11 bits per heavy atom. The molecule has 1 aromatic carbocycles. The van der Waals surface area contributed by atoms with Crippen LogP contribution in [-0.2, 0) is 13.0 Å². The van der Waals surface area contributed by atoms with Gasteiger partial charge in [-0.15, -0.1) is 35.3 Å². The summed E-state index contributed by atoms with van der Waals surface area (Å²) in [5, 5.41) is 6.77. The molecule has 0 amide bonds. The second-order valence-corrected chi connectivity index (χ2v) is 7.57. The average molecular weight is 519 g/mol. The third-order valence-electron chi connectivity index (χ3n) is 4.16. The zero-order valence-electron chi connectivity index (χ0n) is 17.3. The summed E-state index contributed by atoms with van der Waals surface area (Å²) < 4.78 is 16.3. The van der Waals surface area contributed by atoms with E-state index in [1.165, 1.54) is 9.75 Å². The Morgan fingerprint density at radius 2 is 1.75 bits per heavy atom. The van der Waals surface area contributed by atoms with Gasteiger partial charge in [-0.05, 0) is 26.0 Å². The van der Waals surface area contributed by atoms with Gasteiger partial charge in [0, 0.05) is 41.4 Å². The van der Waals surface area contributed by atoms with E-state index in [1.54, 1.807) is 28.4 Å². The molecular weight excluding hydrogens is 489 g/mol. The van der Waals surface area contributed by atoms with Gasteiger partial charge in [0.05, 0.1) is 33.4 Å². The van der Waals surface area contributed by atoms with Crippen molar-refractivity contribution in [1.82, 2.24) is 10.6 Å². The molecule has 6 nitrogen and oxygen atoms in total. The van der Waals surface area contributed by atoms with Gasteiger partial charge in [-0.1, -0.05) is 0 Å². The van der Waals surface area contributed by atoms with Crippen molar-refractivity contribution >= 4 is 41.3 Å². The summed E-state index contributed by atoms with van der Waals surface area (Å²) in [5.74, 6) is 2.83. The number of benzene rings is 1. The quantitative estimate of drug-likeness (QED) is 0.314. The van der Waals surface area contributed by atoms with E-state index in [4.69, 9.17) is 14.2 Å². The van der Waals surface area contributed by atoms with E-state index < -0.39 is 0 Å². The van der Waals surface area contributed by atoms with Crippen molar-refractivity contribution in [1.29, 1.82) is 0 Å². The number of thiophene rings is 1. The van der Waals surface area contributed by atoms with E-state index >= 15 is 0 Å². The highest BCUT2D eigenvalue weighted by atomic mass is 127. The smallest absolute Gasteiger partial charge is 0.191 e. The first-order valence-electron chi connectivity index (χ1n) is 8.82. The predicted octanol–water partition coefficient (Wildman–Crippen LogP) is 4.00. The van der Waals surface area contributed by atoms with Crippen LogP contribution in [0, 0.1) is 6.92 Å². The van der Waals surface area contributed by atoms with Crippen LogP contribution in [0.1, 0.15) is 22.2 Å². The van der Waals surface area contributed by atoms with Crippen molar-refractivity contribution < 1.29 is 14.2 Å². The molecule has 0 radical (unpaired) electrons. The first-order chi connectivity index (χ1) is 13.0. The van der Waals surface area contributed by atoms with E-state index in [-0.39, 0.29) is 30.0 Å². The minimum atomic E-state index is 0. The lowest BCUT2D eigenvalue weighted by Crippen LogP contribution is -2.42. The maximum atomic E-state index is 5.50. The number of ether oxygens (including phenoxy) is 3. The minimum absolute atomic E-state index is 0. The van der Waals surface area contributed by atoms with Crippen molar-refractivity contribution in [3.8, 4) is 17.2 Å². The van der Waals surface area contributed by atoms with Gasteiger partial charge in [-0.2, -0.15) is 0 Å². The number of rotatable bonds is 8. The van der Waals surface area contributed by atoms with Crippen LogP contribution >= 0.6 is 35.3 Å². The molecule has 2 aromatic rings. The Bertz CT molecular complexity index is 755. The average Bonchev–Trinajstić information content (AvgIpc) is 3.08.